The summed E-state index contributed by atoms with van der Waals surface area (Å²) in [6.07, 6.45) is 1.21. The van der Waals surface area contributed by atoms with Crippen molar-refractivity contribution in [3.05, 3.63) is 54.0 Å². The molecule has 0 atom stereocenters. The van der Waals surface area contributed by atoms with Crippen LogP contribution in [0.15, 0.2) is 42.9 Å². The van der Waals surface area contributed by atoms with Crippen molar-refractivity contribution in [2.75, 3.05) is 11.9 Å². The lowest BCUT2D eigenvalue weighted by atomic mass is 10.1. The van der Waals surface area contributed by atoms with Crippen LogP contribution in [0.25, 0.3) is 17.1 Å². The maximum absolute atomic E-state index is 12.7. The van der Waals surface area contributed by atoms with Gasteiger partial charge in [-0.25, -0.2) is 4.68 Å². The van der Waals surface area contributed by atoms with Crippen LogP contribution in [0.5, 0.6) is 0 Å². The molecule has 0 amide bonds. The number of hydrogen-bond donors (Lipinski definition) is 1. The number of benzene rings is 1. The van der Waals surface area contributed by atoms with Gasteiger partial charge in [0, 0.05) is 24.5 Å². The van der Waals surface area contributed by atoms with Crippen molar-refractivity contribution in [2.45, 2.75) is 12.6 Å². The molecular weight excluding hydrogens is 319 g/mol. The first-order chi connectivity index (χ1) is 11.5. The van der Waals surface area contributed by atoms with Gasteiger partial charge in [-0.1, -0.05) is 0 Å². The van der Waals surface area contributed by atoms with Crippen molar-refractivity contribution >= 4 is 5.82 Å². The number of hydrogen-bond acceptors (Lipinski definition) is 4. The Balaban J connectivity index is 1.80. The Hall–Kier alpha value is -2.90. The summed E-state index contributed by atoms with van der Waals surface area (Å²) in [5, 5.41) is 7.77. The van der Waals surface area contributed by atoms with Crippen LogP contribution in [0.1, 0.15) is 11.1 Å². The van der Waals surface area contributed by atoms with Gasteiger partial charge in [-0.05, 0) is 30.7 Å². The summed E-state index contributed by atoms with van der Waals surface area (Å²) >= 11 is 0. The van der Waals surface area contributed by atoms with E-state index in [0.717, 1.165) is 36.5 Å². The van der Waals surface area contributed by atoms with Gasteiger partial charge in [0.2, 0.25) is 0 Å². The van der Waals surface area contributed by atoms with Crippen LogP contribution >= 0.6 is 0 Å². The number of rotatable bonds is 2. The molecule has 1 aliphatic heterocycles. The zero-order valence-electron chi connectivity index (χ0n) is 12.4. The summed E-state index contributed by atoms with van der Waals surface area (Å²) in [5.41, 5.74) is 2.21. The van der Waals surface area contributed by atoms with E-state index in [0.29, 0.717) is 17.1 Å². The quantitative estimate of drug-likeness (QED) is 0.783. The average Bonchev–Trinajstić information content (AvgIpc) is 3.17. The second-order valence-electron chi connectivity index (χ2n) is 5.40. The fourth-order valence-corrected chi connectivity index (χ4v) is 2.78. The molecule has 4 rings (SSSR count). The number of nitrogens with one attached hydrogen (secondary N) is 1. The van der Waals surface area contributed by atoms with Gasteiger partial charge in [0.1, 0.15) is 17.2 Å². The fraction of sp³-hybridized carbons (Fsp3) is 0.188. The number of fused-ring (bicyclic) bond motifs is 1. The minimum absolute atomic E-state index is 0.559. The van der Waals surface area contributed by atoms with Crippen molar-refractivity contribution < 1.29 is 13.2 Å². The highest BCUT2D eigenvalue weighted by atomic mass is 19.4. The molecule has 5 nitrogen and oxygen atoms in total. The SMILES string of the molecule is FC(F)(F)c1ccc(-n2nc(-c3cnccn3)c3c2NCC3)cc1. The van der Waals surface area contributed by atoms with E-state index in [4.69, 9.17) is 0 Å². The molecule has 0 spiro atoms. The second-order valence-corrected chi connectivity index (χ2v) is 5.40. The summed E-state index contributed by atoms with van der Waals surface area (Å²) in [7, 11) is 0. The average molecular weight is 331 g/mol. The third-order valence-electron chi connectivity index (χ3n) is 3.90. The largest absolute Gasteiger partial charge is 0.416 e. The molecule has 1 N–H and O–H groups in total. The molecule has 0 radical (unpaired) electrons. The van der Waals surface area contributed by atoms with E-state index in [9.17, 15) is 13.2 Å². The Kier molecular flexibility index (Phi) is 3.26. The lowest BCUT2D eigenvalue weighted by Gasteiger charge is -2.09. The molecule has 3 heterocycles. The first-order valence-corrected chi connectivity index (χ1v) is 7.34. The molecule has 0 unspecified atom stereocenters. The van der Waals surface area contributed by atoms with E-state index in [1.807, 2.05) is 0 Å². The Morgan fingerprint density at radius 1 is 1.08 bits per heavy atom. The van der Waals surface area contributed by atoms with Crippen LogP contribution in [0, 0.1) is 0 Å². The predicted octanol–water partition coefficient (Wildman–Crippen LogP) is 3.32. The molecule has 122 valence electrons. The van der Waals surface area contributed by atoms with Crippen molar-refractivity contribution in [3.8, 4) is 17.1 Å². The molecule has 1 aromatic carbocycles. The van der Waals surface area contributed by atoms with Crippen molar-refractivity contribution in [3.63, 3.8) is 0 Å². The third-order valence-corrected chi connectivity index (χ3v) is 3.90. The summed E-state index contributed by atoms with van der Waals surface area (Å²) in [6, 6.07) is 4.94. The van der Waals surface area contributed by atoms with Gasteiger partial charge in [-0.15, -0.1) is 0 Å². The minimum Gasteiger partial charge on any atom is -0.369 e. The highest BCUT2D eigenvalue weighted by molar-refractivity contribution is 5.70. The minimum atomic E-state index is -4.35. The topological polar surface area (TPSA) is 55.6 Å². The van der Waals surface area contributed by atoms with Crippen LogP contribution in [0.2, 0.25) is 0 Å². The molecule has 0 aliphatic carbocycles. The normalized spacial score (nSPS) is 13.6. The van der Waals surface area contributed by atoms with Gasteiger partial charge in [0.15, 0.2) is 0 Å². The number of aromatic nitrogens is 4. The molecule has 3 aromatic rings. The Morgan fingerprint density at radius 3 is 2.54 bits per heavy atom. The number of nitrogens with zero attached hydrogens (tertiary/aromatic N) is 4. The van der Waals surface area contributed by atoms with E-state index in [1.54, 1.807) is 23.3 Å². The van der Waals surface area contributed by atoms with E-state index in [1.165, 1.54) is 12.1 Å². The lowest BCUT2D eigenvalue weighted by Crippen LogP contribution is -2.07. The number of halogens is 3. The Bertz CT molecular complexity index is 869. The molecule has 0 bridgehead atoms. The molecule has 0 fully saturated rings. The second kappa shape index (κ2) is 5.33. The predicted molar refractivity (Wildman–Crippen MR) is 81.8 cm³/mol. The van der Waals surface area contributed by atoms with Gasteiger partial charge in [-0.2, -0.15) is 18.3 Å². The maximum Gasteiger partial charge on any atom is 0.416 e. The summed E-state index contributed by atoms with van der Waals surface area (Å²) in [4.78, 5) is 8.32. The first-order valence-electron chi connectivity index (χ1n) is 7.34. The van der Waals surface area contributed by atoms with E-state index in [2.05, 4.69) is 20.4 Å². The van der Waals surface area contributed by atoms with E-state index in [-0.39, 0.29) is 0 Å². The molecule has 0 saturated heterocycles. The van der Waals surface area contributed by atoms with E-state index < -0.39 is 11.7 Å². The Morgan fingerprint density at radius 2 is 1.88 bits per heavy atom. The van der Waals surface area contributed by atoms with Crippen molar-refractivity contribution in [1.29, 1.82) is 0 Å². The van der Waals surface area contributed by atoms with Gasteiger partial charge in [0.25, 0.3) is 0 Å². The lowest BCUT2D eigenvalue weighted by molar-refractivity contribution is -0.137. The smallest absolute Gasteiger partial charge is 0.369 e. The van der Waals surface area contributed by atoms with Crippen LogP contribution < -0.4 is 5.32 Å². The van der Waals surface area contributed by atoms with Crippen LogP contribution in [-0.4, -0.2) is 26.3 Å². The standard InChI is InChI=1S/C16H12F3N5/c17-16(18,19)10-1-3-11(4-2-10)24-15-12(5-6-22-15)14(23-24)13-9-20-7-8-21-13/h1-4,7-9,22H,5-6H2. The number of alkyl halides is 3. The highest BCUT2D eigenvalue weighted by Gasteiger charge is 2.30. The maximum atomic E-state index is 12.7. The molecule has 8 heteroatoms. The zero-order chi connectivity index (χ0) is 16.7. The van der Waals surface area contributed by atoms with Crippen molar-refractivity contribution in [1.82, 2.24) is 19.7 Å². The third kappa shape index (κ3) is 2.40. The first kappa shape index (κ1) is 14.7. The van der Waals surface area contributed by atoms with Gasteiger partial charge >= 0.3 is 6.18 Å². The monoisotopic (exact) mass is 331 g/mol. The summed E-state index contributed by atoms with van der Waals surface area (Å²) < 4.78 is 39.8. The molecular formula is C16H12F3N5. The van der Waals surface area contributed by atoms with E-state index >= 15 is 0 Å². The molecule has 0 saturated carbocycles. The molecule has 1 aliphatic rings. The van der Waals surface area contributed by atoms with Crippen molar-refractivity contribution in [2.24, 2.45) is 0 Å². The fourth-order valence-electron chi connectivity index (χ4n) is 2.78. The van der Waals surface area contributed by atoms with Crippen LogP contribution in [-0.2, 0) is 12.6 Å². The number of anilines is 1. The highest BCUT2D eigenvalue weighted by Crippen LogP contribution is 2.34. The van der Waals surface area contributed by atoms with Crippen LogP contribution in [0.4, 0.5) is 19.0 Å². The Labute approximate surface area is 135 Å². The zero-order valence-corrected chi connectivity index (χ0v) is 12.4. The summed E-state index contributed by atoms with van der Waals surface area (Å²) in [6.45, 7) is 0.751. The molecule has 2 aromatic heterocycles. The van der Waals surface area contributed by atoms with Crippen LogP contribution in [0.3, 0.4) is 0 Å². The molecule has 24 heavy (non-hydrogen) atoms. The van der Waals surface area contributed by atoms with Gasteiger partial charge < -0.3 is 5.32 Å². The van der Waals surface area contributed by atoms with Gasteiger partial charge in [-0.3, -0.25) is 9.97 Å². The summed E-state index contributed by atoms with van der Waals surface area (Å²) in [5.74, 6) is 0.787. The van der Waals surface area contributed by atoms with Gasteiger partial charge in [0.05, 0.1) is 17.4 Å².